The van der Waals surface area contributed by atoms with E-state index >= 15 is 0 Å². The Morgan fingerprint density at radius 3 is 1.52 bits per heavy atom. The molecule has 2 aliphatic rings. The number of ether oxygens (including phenoxy) is 2. The number of fused-ring (bicyclic) bond motifs is 2. The summed E-state index contributed by atoms with van der Waals surface area (Å²) in [6.45, 7) is 6.17. The maximum atomic E-state index is 14.5. The molecule has 2 aromatic heterocycles. The number of methoxy groups -OCH3 is 2. The van der Waals surface area contributed by atoms with E-state index in [1.54, 1.807) is 48.5 Å². The highest BCUT2D eigenvalue weighted by molar-refractivity contribution is 6.03. The number of nitriles is 1. The number of nitrogens with zero attached hydrogens (tertiary/aromatic N) is 1. The molecule has 2 fully saturated rings. The smallest absolute Gasteiger partial charge is 0.268 e. The van der Waals surface area contributed by atoms with Crippen molar-refractivity contribution >= 4 is 63.2 Å². The van der Waals surface area contributed by atoms with Gasteiger partial charge in [0, 0.05) is 59.6 Å². The minimum absolute atomic E-state index is 0.0222. The number of hydrogen-bond acceptors (Lipinski definition) is 10. The van der Waals surface area contributed by atoms with Crippen molar-refractivity contribution in [2.45, 2.75) is 102 Å². The molecule has 67 heavy (non-hydrogen) atoms. The summed E-state index contributed by atoms with van der Waals surface area (Å²) in [5.41, 5.74) is 3.54. The summed E-state index contributed by atoms with van der Waals surface area (Å²) in [7, 11) is 3.03. The van der Waals surface area contributed by atoms with E-state index in [9.17, 15) is 47.6 Å². The molecule has 0 aliphatic carbocycles. The fourth-order valence-electron chi connectivity index (χ4n) is 7.96. The van der Waals surface area contributed by atoms with Crippen LogP contribution >= 0.6 is 0 Å². The van der Waals surface area contributed by atoms with Crippen molar-refractivity contribution < 1.29 is 51.8 Å². The van der Waals surface area contributed by atoms with E-state index < -0.39 is 71.0 Å². The minimum Gasteiger partial charge on any atom is -0.496 e. The Balaban J connectivity index is 0.000000251. The standard InChI is InChI=1S/C23H30FN5O5.C23H28FN5O4/c1-23(2,24)11-17(22(33)28-15(19(25)30)9-12-7-8-26-20(12)31)29-21(32)16-10-13-14(27-16)5-4-6-18(13)34-3;1-23(2,24)11-18(22(32)27-14(12-25)9-13-7-8-26-20(13)30)29-21(31)17-10-15-16(28-17)5-4-6-19(15)33-3/h4-6,10,12,15,17,27H,7-9,11H2,1-3H3,(H2,25,30)(H,26,31)(H,28,33)(H,29,32);4-6,10,13-14,18,28H,7-9,11H2,1-3H3,(H,26,30)(H,27,32)(H,29,31)/t12-,15-,17-;13-,14-,18-/m00/s1. The first kappa shape index (κ1) is 50.8. The fraction of sp³-hybridized carbons (Fsp3) is 0.478. The van der Waals surface area contributed by atoms with Crippen molar-refractivity contribution in [1.82, 2.24) is 41.9 Å². The van der Waals surface area contributed by atoms with Crippen molar-refractivity contribution in [3.05, 3.63) is 59.9 Å². The lowest BCUT2D eigenvalue weighted by molar-refractivity contribution is -0.130. The molecule has 0 bridgehead atoms. The molecule has 6 rings (SSSR count). The van der Waals surface area contributed by atoms with Gasteiger partial charge in [0.1, 0.15) is 58.4 Å². The molecule has 4 aromatic rings. The van der Waals surface area contributed by atoms with Crippen molar-refractivity contribution in [3.63, 3.8) is 0 Å². The predicted molar refractivity (Wildman–Crippen MR) is 242 cm³/mol. The SMILES string of the molecule is COc1cccc2[nH]c(C(=O)N[C@@H](CC(C)(C)F)C(=O)N[C@@H](C[C@@H]3CCNC3=O)C(N)=O)cc12.COc1cccc2[nH]c(C(=O)N[C@@H](CC(C)(C)F)C(=O)N[C@H](C#N)C[C@@H]3CCNC3=O)cc12. The first-order valence-electron chi connectivity index (χ1n) is 21.8. The van der Waals surface area contributed by atoms with E-state index in [0.29, 0.717) is 59.2 Å². The number of primary amides is 1. The van der Waals surface area contributed by atoms with Crippen LogP contribution in [0.5, 0.6) is 11.5 Å². The van der Waals surface area contributed by atoms with Crippen LogP contribution < -0.4 is 47.1 Å². The molecule has 0 unspecified atom stereocenters. The van der Waals surface area contributed by atoms with Gasteiger partial charge in [-0.25, -0.2) is 8.78 Å². The van der Waals surface area contributed by atoms with E-state index in [2.05, 4.69) is 41.9 Å². The quantitative estimate of drug-likeness (QED) is 0.0663. The van der Waals surface area contributed by atoms with Crippen LogP contribution in [0.2, 0.25) is 0 Å². The zero-order chi connectivity index (χ0) is 49.2. The number of aromatic nitrogens is 2. The summed E-state index contributed by atoms with van der Waals surface area (Å²) < 4.78 is 39.5. The first-order chi connectivity index (χ1) is 31.6. The molecule has 2 aromatic carbocycles. The van der Waals surface area contributed by atoms with Crippen LogP contribution in [-0.4, -0.2) is 114 Å². The summed E-state index contributed by atoms with van der Waals surface area (Å²) >= 11 is 0. The summed E-state index contributed by atoms with van der Waals surface area (Å²) in [5, 5.41) is 26.3. The summed E-state index contributed by atoms with van der Waals surface area (Å²) in [6.07, 6.45) is 0.623. The number of nitrogens with two attached hydrogens (primary N) is 1. The number of carbonyl (C=O) groups excluding carboxylic acids is 7. The zero-order valence-corrected chi connectivity index (χ0v) is 38.2. The topological polar surface area (TPSA) is 292 Å². The largest absolute Gasteiger partial charge is 0.496 e. The third-order valence-corrected chi connectivity index (χ3v) is 11.3. The molecule has 2 aliphatic heterocycles. The maximum absolute atomic E-state index is 14.5. The monoisotopic (exact) mass is 932 g/mol. The average Bonchev–Trinajstić information content (AvgIpc) is 4.08. The number of H-pyrrole nitrogens is 2. The van der Waals surface area contributed by atoms with Crippen LogP contribution in [-0.2, 0) is 24.0 Å². The van der Waals surface area contributed by atoms with Gasteiger partial charge >= 0.3 is 0 Å². The predicted octanol–water partition coefficient (Wildman–Crippen LogP) is 2.86. The second-order valence-electron chi connectivity index (χ2n) is 17.8. The first-order valence-corrected chi connectivity index (χ1v) is 21.8. The lowest BCUT2D eigenvalue weighted by Crippen LogP contribution is -2.54. The molecule has 0 radical (unpaired) electrons. The van der Waals surface area contributed by atoms with Crippen molar-refractivity contribution in [2.24, 2.45) is 17.6 Å². The van der Waals surface area contributed by atoms with Gasteiger partial charge in [-0.3, -0.25) is 33.6 Å². The van der Waals surface area contributed by atoms with Crippen LogP contribution in [0.25, 0.3) is 21.8 Å². The van der Waals surface area contributed by atoms with Crippen LogP contribution in [0, 0.1) is 23.2 Å². The third kappa shape index (κ3) is 13.9. The molecule has 10 N–H and O–H groups in total. The molecular weight excluding hydrogens is 875 g/mol. The molecular formula is C46H58F2N10O9. The number of benzene rings is 2. The van der Waals surface area contributed by atoms with Gasteiger partial charge in [-0.05, 0) is 89.8 Å². The van der Waals surface area contributed by atoms with Gasteiger partial charge < -0.3 is 57.1 Å². The highest BCUT2D eigenvalue weighted by Gasteiger charge is 2.36. The number of hydrogen-bond donors (Lipinski definition) is 9. The Morgan fingerprint density at radius 1 is 0.716 bits per heavy atom. The van der Waals surface area contributed by atoms with Gasteiger partial charge in [-0.2, -0.15) is 5.26 Å². The molecule has 21 heteroatoms. The Hall–Kier alpha value is -7.24. The third-order valence-electron chi connectivity index (χ3n) is 11.3. The number of halogens is 2. The molecule has 7 amide bonds. The molecule has 0 saturated carbocycles. The van der Waals surface area contributed by atoms with Crippen molar-refractivity contribution in [2.75, 3.05) is 27.3 Å². The highest BCUT2D eigenvalue weighted by Crippen LogP contribution is 2.28. The number of aromatic amines is 2. The second-order valence-corrected chi connectivity index (χ2v) is 17.8. The molecule has 2 saturated heterocycles. The number of carbonyl (C=O) groups is 7. The van der Waals surface area contributed by atoms with Crippen molar-refractivity contribution in [3.8, 4) is 17.6 Å². The van der Waals surface area contributed by atoms with Crippen molar-refractivity contribution in [1.29, 1.82) is 5.26 Å². The summed E-state index contributed by atoms with van der Waals surface area (Å²) in [6, 6.07) is 11.1. The highest BCUT2D eigenvalue weighted by atomic mass is 19.1. The van der Waals surface area contributed by atoms with Gasteiger partial charge in [0.25, 0.3) is 11.8 Å². The van der Waals surface area contributed by atoms with Gasteiger partial charge in [-0.1, -0.05) is 12.1 Å². The molecule has 4 heterocycles. The van der Waals surface area contributed by atoms with Crippen LogP contribution in [0.4, 0.5) is 8.78 Å². The lowest BCUT2D eigenvalue weighted by Gasteiger charge is -2.26. The summed E-state index contributed by atoms with van der Waals surface area (Å²) in [4.78, 5) is 93.3. The normalized spacial score (nSPS) is 17.7. The zero-order valence-electron chi connectivity index (χ0n) is 38.2. The molecule has 0 spiro atoms. The van der Waals surface area contributed by atoms with Gasteiger partial charge in [0.05, 0.1) is 20.3 Å². The van der Waals surface area contributed by atoms with E-state index in [1.165, 1.54) is 41.9 Å². The fourth-order valence-corrected chi connectivity index (χ4v) is 7.96. The number of nitrogens with one attached hydrogen (secondary N) is 8. The Morgan fingerprint density at radius 2 is 1.15 bits per heavy atom. The van der Waals surface area contributed by atoms with Crippen LogP contribution in [0.15, 0.2) is 48.5 Å². The Bertz CT molecular complexity index is 2520. The van der Waals surface area contributed by atoms with E-state index in [1.807, 2.05) is 6.07 Å². The lowest BCUT2D eigenvalue weighted by atomic mass is 9.96. The number of alkyl halides is 2. The molecule has 360 valence electrons. The minimum atomic E-state index is -1.80. The second kappa shape index (κ2) is 21.8. The van der Waals surface area contributed by atoms with Gasteiger partial charge in [0.15, 0.2) is 0 Å². The Kier molecular flexibility index (Phi) is 16.5. The number of rotatable bonds is 19. The van der Waals surface area contributed by atoms with E-state index in [4.69, 9.17) is 15.2 Å². The number of amides is 7. The van der Waals surface area contributed by atoms with E-state index in [0.717, 1.165) is 0 Å². The Labute approximate surface area is 385 Å². The maximum Gasteiger partial charge on any atom is 0.268 e. The van der Waals surface area contributed by atoms with Crippen LogP contribution in [0.3, 0.4) is 0 Å². The summed E-state index contributed by atoms with van der Waals surface area (Å²) in [5.74, 6) is -3.58. The molecule has 6 atom stereocenters. The van der Waals surface area contributed by atoms with Gasteiger partial charge in [-0.15, -0.1) is 0 Å². The average molecular weight is 933 g/mol. The molecule has 19 nitrogen and oxygen atoms in total. The van der Waals surface area contributed by atoms with E-state index in [-0.39, 0.29) is 54.8 Å². The van der Waals surface area contributed by atoms with Crippen LogP contribution in [0.1, 0.15) is 87.2 Å². The van der Waals surface area contributed by atoms with Gasteiger partial charge in [0.2, 0.25) is 29.5 Å².